The standard InChI is InChI=1S/C27H32O3/c1-18-11-12-20(19(2)24(28)14-16-27(3,4)15-13-18)23-17-25(29-5)21-9-7-8-10-22(21)26(23)30-6/h7-10,13-14,16-17,20H,2,11-12,15H2,1,3-6H3/b16-14+,18-13+. The van der Waals surface area contributed by atoms with Crippen molar-refractivity contribution in [2.75, 3.05) is 14.2 Å². The van der Waals surface area contributed by atoms with E-state index in [1.807, 2.05) is 36.4 Å². The third-order valence-electron chi connectivity index (χ3n) is 6.01. The van der Waals surface area contributed by atoms with Gasteiger partial charge in [-0.15, -0.1) is 0 Å². The summed E-state index contributed by atoms with van der Waals surface area (Å²) >= 11 is 0. The maximum Gasteiger partial charge on any atom is 0.181 e. The lowest BCUT2D eigenvalue weighted by Crippen LogP contribution is -2.12. The first-order valence-electron chi connectivity index (χ1n) is 10.5. The number of ether oxygens (including phenoxy) is 2. The summed E-state index contributed by atoms with van der Waals surface area (Å²) in [7, 11) is 3.36. The number of ketones is 1. The molecule has 0 N–H and O–H groups in total. The van der Waals surface area contributed by atoms with Crippen molar-refractivity contribution in [1.29, 1.82) is 0 Å². The van der Waals surface area contributed by atoms with E-state index in [4.69, 9.17) is 9.47 Å². The number of allylic oxidation sites excluding steroid dienone is 5. The molecule has 1 atom stereocenters. The minimum absolute atomic E-state index is 0.0261. The Morgan fingerprint density at radius 3 is 2.47 bits per heavy atom. The van der Waals surface area contributed by atoms with Crippen LogP contribution in [0.2, 0.25) is 0 Å². The molecule has 2 aromatic carbocycles. The molecule has 1 aliphatic rings. The van der Waals surface area contributed by atoms with Crippen molar-refractivity contribution in [3.8, 4) is 11.5 Å². The summed E-state index contributed by atoms with van der Waals surface area (Å²) in [6, 6.07) is 10.0. The third kappa shape index (κ3) is 4.51. The summed E-state index contributed by atoms with van der Waals surface area (Å²) < 4.78 is 11.6. The van der Waals surface area contributed by atoms with E-state index in [-0.39, 0.29) is 17.1 Å². The van der Waals surface area contributed by atoms with E-state index in [1.54, 1.807) is 20.3 Å². The van der Waals surface area contributed by atoms with Gasteiger partial charge < -0.3 is 9.47 Å². The molecule has 0 aliphatic heterocycles. The molecule has 0 aromatic heterocycles. The van der Waals surface area contributed by atoms with Gasteiger partial charge in [-0.2, -0.15) is 0 Å². The van der Waals surface area contributed by atoms with E-state index in [0.717, 1.165) is 47.1 Å². The van der Waals surface area contributed by atoms with E-state index >= 15 is 0 Å². The van der Waals surface area contributed by atoms with Crippen molar-refractivity contribution < 1.29 is 14.3 Å². The minimum atomic E-state index is -0.153. The van der Waals surface area contributed by atoms with Gasteiger partial charge in [0.2, 0.25) is 0 Å². The van der Waals surface area contributed by atoms with E-state index in [1.165, 1.54) is 5.57 Å². The average molecular weight is 405 g/mol. The fraction of sp³-hybridized carbons (Fsp3) is 0.370. The fourth-order valence-corrected chi connectivity index (χ4v) is 4.07. The second kappa shape index (κ2) is 8.91. The van der Waals surface area contributed by atoms with Crippen LogP contribution in [0.4, 0.5) is 0 Å². The van der Waals surface area contributed by atoms with E-state index in [0.29, 0.717) is 5.57 Å². The monoisotopic (exact) mass is 404 g/mol. The van der Waals surface area contributed by atoms with Crippen LogP contribution >= 0.6 is 0 Å². The molecule has 0 saturated carbocycles. The first kappa shape index (κ1) is 21.9. The van der Waals surface area contributed by atoms with Gasteiger partial charge in [0.15, 0.2) is 5.78 Å². The Kier molecular flexibility index (Phi) is 6.50. The van der Waals surface area contributed by atoms with Crippen LogP contribution in [0.15, 0.2) is 66.3 Å². The highest BCUT2D eigenvalue weighted by atomic mass is 16.5. The SMILES string of the molecule is C=C1C(=O)/C=C/C(C)(C)C/C=C(\C)CCC1c1cc(OC)c2ccccc2c1OC. The highest BCUT2D eigenvalue weighted by Gasteiger charge is 2.26. The van der Waals surface area contributed by atoms with Crippen LogP contribution in [0.3, 0.4) is 0 Å². The molecule has 3 heteroatoms. The molecule has 1 unspecified atom stereocenters. The molecular weight excluding hydrogens is 372 g/mol. The molecule has 3 rings (SSSR count). The van der Waals surface area contributed by atoms with E-state index in [9.17, 15) is 4.79 Å². The number of hydrogen-bond acceptors (Lipinski definition) is 3. The summed E-state index contributed by atoms with van der Waals surface area (Å²) in [4.78, 5) is 13.0. The second-order valence-electron chi connectivity index (χ2n) is 8.80. The summed E-state index contributed by atoms with van der Waals surface area (Å²) in [5, 5.41) is 1.97. The molecule has 30 heavy (non-hydrogen) atoms. The summed E-state index contributed by atoms with van der Waals surface area (Å²) in [5.41, 5.74) is 2.80. The number of rotatable bonds is 3. The molecule has 0 saturated heterocycles. The van der Waals surface area contributed by atoms with Gasteiger partial charge in [-0.05, 0) is 49.3 Å². The quantitative estimate of drug-likeness (QED) is 0.418. The lowest BCUT2D eigenvalue weighted by Gasteiger charge is -2.23. The van der Waals surface area contributed by atoms with Crippen LogP contribution in [0, 0.1) is 5.41 Å². The van der Waals surface area contributed by atoms with Crippen LogP contribution in [-0.2, 0) is 4.79 Å². The largest absolute Gasteiger partial charge is 0.496 e. The van der Waals surface area contributed by atoms with Crippen LogP contribution in [0.5, 0.6) is 11.5 Å². The molecule has 0 fully saturated rings. The minimum Gasteiger partial charge on any atom is -0.496 e. The third-order valence-corrected chi connectivity index (χ3v) is 6.01. The molecule has 0 heterocycles. The summed E-state index contributed by atoms with van der Waals surface area (Å²) in [6.45, 7) is 10.7. The van der Waals surface area contributed by atoms with Gasteiger partial charge in [0.05, 0.1) is 14.2 Å². The molecule has 0 radical (unpaired) electrons. The van der Waals surface area contributed by atoms with Gasteiger partial charge in [-0.25, -0.2) is 0 Å². The smallest absolute Gasteiger partial charge is 0.181 e. The molecule has 0 amide bonds. The normalized spacial score (nSPS) is 22.7. The Hall–Kier alpha value is -2.81. The van der Waals surface area contributed by atoms with Crippen LogP contribution in [-0.4, -0.2) is 20.0 Å². The maximum atomic E-state index is 13.0. The highest BCUT2D eigenvalue weighted by Crippen LogP contribution is 2.44. The highest BCUT2D eigenvalue weighted by molar-refractivity contribution is 6.05. The molecular formula is C27H32O3. The Morgan fingerprint density at radius 1 is 1.10 bits per heavy atom. The zero-order chi connectivity index (χ0) is 21.9. The fourth-order valence-electron chi connectivity index (χ4n) is 4.07. The summed E-state index contributed by atoms with van der Waals surface area (Å²) in [5.74, 6) is 1.38. The van der Waals surface area contributed by atoms with Crippen molar-refractivity contribution in [3.63, 3.8) is 0 Å². The van der Waals surface area contributed by atoms with E-state index in [2.05, 4.69) is 33.4 Å². The van der Waals surface area contributed by atoms with Gasteiger partial charge in [0.25, 0.3) is 0 Å². The number of hydrogen-bond donors (Lipinski definition) is 0. The van der Waals surface area contributed by atoms with Gasteiger partial charge in [-0.3, -0.25) is 4.79 Å². The number of fused-ring (bicyclic) bond motifs is 1. The number of benzene rings is 2. The van der Waals surface area contributed by atoms with Gasteiger partial charge >= 0.3 is 0 Å². The molecule has 0 bridgehead atoms. The van der Waals surface area contributed by atoms with Crippen LogP contribution in [0.1, 0.15) is 51.5 Å². The molecule has 1 aliphatic carbocycles. The average Bonchev–Trinajstić information content (AvgIpc) is 2.76. The number of carbonyl (C=O) groups is 1. The Balaban J connectivity index is 2.17. The predicted molar refractivity (Wildman–Crippen MR) is 124 cm³/mol. The number of carbonyl (C=O) groups excluding carboxylic acids is 1. The van der Waals surface area contributed by atoms with Gasteiger partial charge in [0, 0.05) is 22.3 Å². The van der Waals surface area contributed by atoms with Crippen molar-refractivity contribution >= 4 is 16.6 Å². The maximum absolute atomic E-state index is 13.0. The topological polar surface area (TPSA) is 35.5 Å². The van der Waals surface area contributed by atoms with Crippen molar-refractivity contribution in [1.82, 2.24) is 0 Å². The predicted octanol–water partition coefficient (Wildman–Crippen LogP) is 6.78. The van der Waals surface area contributed by atoms with Gasteiger partial charge in [-0.1, -0.05) is 62.4 Å². The molecule has 3 nitrogen and oxygen atoms in total. The van der Waals surface area contributed by atoms with Crippen molar-refractivity contribution in [2.45, 2.75) is 46.0 Å². The molecule has 158 valence electrons. The zero-order valence-corrected chi connectivity index (χ0v) is 18.7. The molecule has 2 aromatic rings. The Bertz CT molecular complexity index is 1020. The van der Waals surface area contributed by atoms with Crippen LogP contribution in [0.25, 0.3) is 10.8 Å². The zero-order valence-electron chi connectivity index (χ0n) is 18.7. The van der Waals surface area contributed by atoms with Crippen molar-refractivity contribution in [3.05, 3.63) is 71.8 Å². The van der Waals surface area contributed by atoms with Crippen LogP contribution < -0.4 is 9.47 Å². The lowest BCUT2D eigenvalue weighted by atomic mass is 9.83. The first-order chi connectivity index (χ1) is 14.3. The van der Waals surface area contributed by atoms with Gasteiger partial charge in [0.1, 0.15) is 11.5 Å². The van der Waals surface area contributed by atoms with E-state index < -0.39 is 0 Å². The Morgan fingerprint density at radius 2 is 1.80 bits per heavy atom. The summed E-state index contributed by atoms with van der Waals surface area (Å²) in [6.07, 6.45) is 8.58. The first-order valence-corrected chi connectivity index (χ1v) is 10.5. The second-order valence-corrected chi connectivity index (χ2v) is 8.80. The van der Waals surface area contributed by atoms with Crippen molar-refractivity contribution in [2.24, 2.45) is 5.41 Å². The Labute approximate surface area is 180 Å². The molecule has 0 spiro atoms. The lowest BCUT2D eigenvalue weighted by molar-refractivity contribution is -0.111. The number of methoxy groups -OCH3 is 2.